The molecule has 1 amide bonds. The van der Waals surface area contributed by atoms with E-state index in [0.29, 0.717) is 16.9 Å². The van der Waals surface area contributed by atoms with Crippen LogP contribution in [-0.4, -0.2) is 39.8 Å². The van der Waals surface area contributed by atoms with Gasteiger partial charge in [0.15, 0.2) is 5.82 Å². The molecule has 0 bridgehead atoms. The van der Waals surface area contributed by atoms with Gasteiger partial charge >= 0.3 is 0 Å². The number of piperidine rings is 1. The second-order valence-corrected chi connectivity index (χ2v) is 7.77. The molecule has 2 aliphatic heterocycles. The van der Waals surface area contributed by atoms with Gasteiger partial charge < -0.3 is 16.0 Å². The van der Waals surface area contributed by atoms with Crippen LogP contribution >= 0.6 is 0 Å². The van der Waals surface area contributed by atoms with E-state index in [9.17, 15) is 14.4 Å². The molecule has 4 heterocycles. The van der Waals surface area contributed by atoms with E-state index in [0.717, 1.165) is 31.7 Å². The predicted octanol–water partition coefficient (Wildman–Crippen LogP) is 2.12. The largest absolute Gasteiger partial charge is 0.354 e. The normalized spacial score (nSPS) is 17.9. The number of benzene rings is 1. The maximum atomic E-state index is 14.7. The maximum Gasteiger partial charge on any atom is 0.255 e. The van der Waals surface area contributed by atoms with Crippen molar-refractivity contribution in [3.8, 4) is 23.0 Å². The number of halogens is 1. The van der Waals surface area contributed by atoms with Gasteiger partial charge in [0.05, 0.1) is 46.4 Å². The van der Waals surface area contributed by atoms with Gasteiger partial charge in [-0.25, -0.2) is 14.1 Å². The Morgan fingerprint density at radius 3 is 2.97 bits per heavy atom. The Morgan fingerprint density at radius 1 is 1.29 bits per heavy atom. The van der Waals surface area contributed by atoms with Gasteiger partial charge in [-0.2, -0.15) is 10.4 Å². The standard InChI is InChI=1S/C22H20FN7O/c23-15-5-1-3-13(10-24)20(15)16-9-18(21-17(27-16)11-26-22(21)31)30-8-6-19(28-30)29-7-2-4-14(25)12-29/h1,3,5-6,8-9,14H,2,4,7,11-12,25H2,(H,26,31). The number of anilines is 1. The van der Waals surface area contributed by atoms with Crippen molar-refractivity contribution in [1.82, 2.24) is 20.1 Å². The predicted molar refractivity (Wildman–Crippen MR) is 112 cm³/mol. The molecule has 1 aromatic carbocycles. The van der Waals surface area contributed by atoms with Crippen molar-refractivity contribution in [1.29, 1.82) is 5.26 Å². The molecule has 0 saturated carbocycles. The van der Waals surface area contributed by atoms with Gasteiger partial charge in [0.1, 0.15) is 5.82 Å². The van der Waals surface area contributed by atoms with Crippen molar-refractivity contribution < 1.29 is 9.18 Å². The number of aromatic nitrogens is 3. The first-order chi connectivity index (χ1) is 15.0. The van der Waals surface area contributed by atoms with E-state index in [1.165, 1.54) is 12.1 Å². The van der Waals surface area contributed by atoms with Crippen LogP contribution in [0.1, 0.15) is 34.5 Å². The monoisotopic (exact) mass is 417 g/mol. The Bertz CT molecular complexity index is 1230. The van der Waals surface area contributed by atoms with Gasteiger partial charge in [-0.05, 0) is 31.0 Å². The van der Waals surface area contributed by atoms with Crippen LogP contribution in [0.2, 0.25) is 0 Å². The first-order valence-corrected chi connectivity index (χ1v) is 10.1. The van der Waals surface area contributed by atoms with E-state index in [1.807, 2.05) is 12.1 Å². The van der Waals surface area contributed by atoms with Crippen molar-refractivity contribution in [2.45, 2.75) is 25.4 Å². The highest BCUT2D eigenvalue weighted by Gasteiger charge is 2.28. The minimum absolute atomic E-state index is 0.104. The van der Waals surface area contributed by atoms with Gasteiger partial charge in [-0.3, -0.25) is 4.79 Å². The van der Waals surface area contributed by atoms with Crippen LogP contribution in [0.15, 0.2) is 36.5 Å². The number of nitrogens with one attached hydrogen (secondary N) is 1. The molecule has 31 heavy (non-hydrogen) atoms. The van der Waals surface area contributed by atoms with E-state index in [1.54, 1.807) is 23.0 Å². The summed E-state index contributed by atoms with van der Waals surface area (Å²) < 4.78 is 16.3. The van der Waals surface area contributed by atoms with Crippen molar-refractivity contribution in [3.63, 3.8) is 0 Å². The number of hydrogen-bond donors (Lipinski definition) is 2. The lowest BCUT2D eigenvalue weighted by Crippen LogP contribution is -2.43. The van der Waals surface area contributed by atoms with Crippen LogP contribution < -0.4 is 16.0 Å². The average Bonchev–Trinajstić information content (AvgIpc) is 3.40. The molecular formula is C22H20FN7O. The second kappa shape index (κ2) is 7.49. The van der Waals surface area contributed by atoms with Gasteiger partial charge in [0.25, 0.3) is 5.91 Å². The Labute approximate surface area is 178 Å². The fourth-order valence-electron chi connectivity index (χ4n) is 4.23. The number of rotatable bonds is 3. The SMILES string of the molecule is N#Cc1cccc(F)c1-c1cc(-n2ccc(N3CCCC(N)C3)n2)c2c(n1)CNC2=O. The third kappa shape index (κ3) is 3.31. The molecule has 156 valence electrons. The third-order valence-electron chi connectivity index (χ3n) is 5.71. The molecule has 8 nitrogen and oxygen atoms in total. The molecular weight excluding hydrogens is 397 g/mol. The van der Waals surface area contributed by atoms with Gasteiger partial charge in [0.2, 0.25) is 0 Å². The number of nitrogens with two attached hydrogens (primary N) is 1. The highest BCUT2D eigenvalue weighted by molar-refractivity contribution is 6.01. The summed E-state index contributed by atoms with van der Waals surface area (Å²) in [5.74, 6) is -0.0300. The van der Waals surface area contributed by atoms with Gasteiger partial charge in [-0.15, -0.1) is 0 Å². The lowest BCUT2D eigenvalue weighted by Gasteiger charge is -2.30. The highest BCUT2D eigenvalue weighted by atomic mass is 19.1. The molecule has 0 radical (unpaired) electrons. The summed E-state index contributed by atoms with van der Waals surface area (Å²) >= 11 is 0. The molecule has 0 aliphatic carbocycles. The summed E-state index contributed by atoms with van der Waals surface area (Å²) in [6, 6.07) is 9.93. The summed E-state index contributed by atoms with van der Waals surface area (Å²) in [7, 11) is 0. The highest BCUT2D eigenvalue weighted by Crippen LogP contribution is 2.31. The van der Waals surface area contributed by atoms with Crippen LogP contribution in [0.5, 0.6) is 0 Å². The summed E-state index contributed by atoms with van der Waals surface area (Å²) in [6.07, 6.45) is 3.75. The lowest BCUT2D eigenvalue weighted by molar-refractivity contribution is 0.0965. The van der Waals surface area contributed by atoms with Crippen LogP contribution in [0.3, 0.4) is 0 Å². The number of amides is 1. The second-order valence-electron chi connectivity index (χ2n) is 7.77. The number of carbonyl (C=O) groups is 1. The zero-order valence-corrected chi connectivity index (χ0v) is 16.7. The summed E-state index contributed by atoms with van der Waals surface area (Å²) in [5, 5.41) is 16.9. The van der Waals surface area contributed by atoms with E-state index in [-0.39, 0.29) is 35.3 Å². The maximum absolute atomic E-state index is 14.7. The number of nitriles is 1. The molecule has 0 spiro atoms. The minimum Gasteiger partial charge on any atom is -0.354 e. The van der Waals surface area contributed by atoms with Crippen molar-refractivity contribution in [3.05, 3.63) is 59.2 Å². The fourth-order valence-corrected chi connectivity index (χ4v) is 4.23. The van der Waals surface area contributed by atoms with E-state index >= 15 is 0 Å². The smallest absolute Gasteiger partial charge is 0.255 e. The first-order valence-electron chi connectivity index (χ1n) is 10.1. The number of hydrogen-bond acceptors (Lipinski definition) is 6. The van der Waals surface area contributed by atoms with Crippen LogP contribution in [-0.2, 0) is 6.54 Å². The van der Waals surface area contributed by atoms with Crippen LogP contribution in [0.4, 0.5) is 10.2 Å². The number of carbonyl (C=O) groups excluding carboxylic acids is 1. The van der Waals surface area contributed by atoms with Crippen LogP contribution in [0, 0.1) is 17.1 Å². The molecule has 9 heteroatoms. The molecule has 2 aliphatic rings. The topological polar surface area (TPSA) is 113 Å². The Hall–Kier alpha value is -3.77. The van der Waals surface area contributed by atoms with Gasteiger partial charge in [0, 0.05) is 31.4 Å². The first kappa shape index (κ1) is 19.2. The minimum atomic E-state index is -0.543. The average molecular weight is 417 g/mol. The molecule has 3 aromatic rings. The van der Waals surface area contributed by atoms with Crippen molar-refractivity contribution in [2.75, 3.05) is 18.0 Å². The lowest BCUT2D eigenvalue weighted by atomic mass is 10.0. The van der Waals surface area contributed by atoms with Crippen molar-refractivity contribution in [2.24, 2.45) is 5.73 Å². The third-order valence-corrected chi connectivity index (χ3v) is 5.71. The quantitative estimate of drug-likeness (QED) is 0.675. The summed E-state index contributed by atoms with van der Waals surface area (Å²) in [6.45, 7) is 1.82. The van der Waals surface area contributed by atoms with E-state index < -0.39 is 5.82 Å². The number of fused-ring (bicyclic) bond motifs is 1. The molecule has 1 unspecified atom stereocenters. The van der Waals surface area contributed by atoms with Crippen molar-refractivity contribution >= 4 is 11.7 Å². The molecule has 5 rings (SSSR count). The summed E-state index contributed by atoms with van der Waals surface area (Å²) in [4.78, 5) is 19.1. The van der Waals surface area contributed by atoms with Gasteiger partial charge in [-0.1, -0.05) is 6.07 Å². The summed E-state index contributed by atoms with van der Waals surface area (Å²) in [5.41, 5.74) is 8.08. The van der Waals surface area contributed by atoms with E-state index in [4.69, 9.17) is 5.73 Å². The zero-order chi connectivity index (χ0) is 21.5. The van der Waals surface area contributed by atoms with Crippen LogP contribution in [0.25, 0.3) is 16.9 Å². The molecule has 1 saturated heterocycles. The number of nitrogens with zero attached hydrogens (tertiary/aromatic N) is 5. The number of pyridine rings is 1. The fraction of sp³-hybridized carbons (Fsp3) is 0.273. The Morgan fingerprint density at radius 2 is 2.16 bits per heavy atom. The Kier molecular flexibility index (Phi) is 4.64. The molecule has 2 aromatic heterocycles. The molecule has 1 fully saturated rings. The molecule has 3 N–H and O–H groups in total. The molecule has 1 atom stereocenters. The zero-order valence-electron chi connectivity index (χ0n) is 16.7. The Balaban J connectivity index is 1.63. The van der Waals surface area contributed by atoms with E-state index in [2.05, 4.69) is 20.3 Å².